The minimum Gasteiger partial charge on any atom is -0.468 e. The molecule has 3 heterocycles. The Labute approximate surface area is 192 Å². The number of hydroxylamine groups is 2. The number of nitrogens with zero attached hydrogens (tertiary/aromatic N) is 1. The van der Waals surface area contributed by atoms with Crippen molar-refractivity contribution < 1.29 is 42.8 Å². The van der Waals surface area contributed by atoms with E-state index in [0.717, 1.165) is 5.56 Å². The molecular formula is C23H31NO9. The Hall–Kier alpha value is -2.08. The van der Waals surface area contributed by atoms with Gasteiger partial charge in [0.1, 0.15) is 24.4 Å². The molecule has 3 saturated heterocycles. The molecule has 10 heteroatoms. The van der Waals surface area contributed by atoms with Gasteiger partial charge in [0, 0.05) is 6.92 Å². The van der Waals surface area contributed by atoms with E-state index in [-0.39, 0.29) is 6.54 Å². The Bertz CT molecular complexity index is 874. The molecule has 0 unspecified atom stereocenters. The zero-order valence-electron chi connectivity index (χ0n) is 19.7. The Balaban J connectivity index is 1.71. The van der Waals surface area contributed by atoms with Gasteiger partial charge < -0.3 is 33.3 Å². The van der Waals surface area contributed by atoms with Crippen molar-refractivity contribution in [3.8, 4) is 0 Å². The molecule has 0 N–H and O–H groups in total. The highest BCUT2D eigenvalue weighted by Crippen LogP contribution is 2.45. The minimum atomic E-state index is -1.16. The monoisotopic (exact) mass is 465 g/mol. The Morgan fingerprint density at radius 2 is 1.58 bits per heavy atom. The van der Waals surface area contributed by atoms with Crippen LogP contribution < -0.4 is 0 Å². The maximum absolute atomic E-state index is 13.1. The minimum absolute atomic E-state index is 0.124. The summed E-state index contributed by atoms with van der Waals surface area (Å²) in [6.45, 7) is 8.49. The molecule has 3 aliphatic rings. The molecule has 33 heavy (non-hydrogen) atoms. The smallest absolute Gasteiger partial charge is 0.329 e. The molecular weight excluding hydrogens is 434 g/mol. The summed E-state index contributed by atoms with van der Waals surface area (Å²) in [5.74, 6) is -3.10. The summed E-state index contributed by atoms with van der Waals surface area (Å²) in [6, 6.07) is 8.15. The number of fused-ring (bicyclic) bond motifs is 3. The molecule has 4 rings (SSSR count). The van der Waals surface area contributed by atoms with Crippen LogP contribution in [0, 0.1) is 0 Å². The molecule has 0 spiro atoms. The van der Waals surface area contributed by atoms with Crippen LogP contribution in [0.2, 0.25) is 0 Å². The second-order valence-electron chi connectivity index (χ2n) is 9.25. The summed E-state index contributed by atoms with van der Waals surface area (Å²) in [4.78, 5) is 30.6. The second-order valence-corrected chi connectivity index (χ2v) is 9.25. The van der Waals surface area contributed by atoms with E-state index in [2.05, 4.69) is 0 Å². The summed E-state index contributed by atoms with van der Waals surface area (Å²) in [5, 5.41) is 1.27. The van der Waals surface area contributed by atoms with Crippen LogP contribution >= 0.6 is 0 Å². The molecule has 0 saturated carbocycles. The predicted octanol–water partition coefficient (Wildman–Crippen LogP) is 1.90. The number of ether oxygens (including phenoxy) is 6. The maximum Gasteiger partial charge on any atom is 0.329 e. The largest absolute Gasteiger partial charge is 0.468 e. The lowest BCUT2D eigenvalue weighted by Crippen LogP contribution is -2.63. The van der Waals surface area contributed by atoms with Gasteiger partial charge in [0.05, 0.1) is 13.7 Å². The zero-order valence-corrected chi connectivity index (χ0v) is 19.7. The molecule has 10 nitrogen and oxygen atoms in total. The van der Waals surface area contributed by atoms with Crippen LogP contribution in [0.3, 0.4) is 0 Å². The van der Waals surface area contributed by atoms with Crippen molar-refractivity contribution in [2.45, 2.75) is 89.5 Å². The SMILES string of the molecule is COC(=O)[C@H]([C@H]1O[C@@H]2OC(C)(C)O[C@@H]2[C@H]2OC(C)(C)O[C@H]21)N(Cc1ccccc1)OC(C)=O. The Morgan fingerprint density at radius 3 is 2.21 bits per heavy atom. The van der Waals surface area contributed by atoms with Crippen LogP contribution in [0.1, 0.15) is 40.2 Å². The van der Waals surface area contributed by atoms with E-state index < -0.39 is 60.3 Å². The third-order valence-electron chi connectivity index (χ3n) is 5.68. The number of carbonyl (C=O) groups excluding carboxylic acids is 2. The summed E-state index contributed by atoms with van der Waals surface area (Å²) in [6.07, 6.45) is -3.60. The Kier molecular flexibility index (Phi) is 6.51. The first-order chi connectivity index (χ1) is 15.5. The highest BCUT2D eigenvalue weighted by atomic mass is 16.9. The lowest BCUT2D eigenvalue weighted by molar-refractivity contribution is -0.274. The summed E-state index contributed by atoms with van der Waals surface area (Å²) in [5.41, 5.74) is 0.823. The fourth-order valence-electron chi connectivity index (χ4n) is 4.55. The molecule has 1 aromatic carbocycles. The van der Waals surface area contributed by atoms with E-state index in [1.807, 2.05) is 30.3 Å². The van der Waals surface area contributed by atoms with E-state index in [1.54, 1.807) is 27.7 Å². The number of esters is 1. The van der Waals surface area contributed by atoms with E-state index in [9.17, 15) is 9.59 Å². The first kappa shape index (κ1) is 24.1. The molecule has 0 radical (unpaired) electrons. The van der Waals surface area contributed by atoms with Gasteiger partial charge in [0.2, 0.25) is 0 Å². The molecule has 6 atom stereocenters. The van der Waals surface area contributed by atoms with Crippen LogP contribution in [-0.2, 0) is 49.4 Å². The van der Waals surface area contributed by atoms with E-state index in [1.165, 1.54) is 19.1 Å². The van der Waals surface area contributed by atoms with Crippen LogP contribution in [0.25, 0.3) is 0 Å². The van der Waals surface area contributed by atoms with Crippen LogP contribution in [0.5, 0.6) is 0 Å². The van der Waals surface area contributed by atoms with Crippen molar-refractivity contribution in [3.63, 3.8) is 0 Å². The van der Waals surface area contributed by atoms with Gasteiger partial charge >= 0.3 is 11.9 Å². The van der Waals surface area contributed by atoms with Crippen LogP contribution in [0.4, 0.5) is 0 Å². The highest BCUT2D eigenvalue weighted by Gasteiger charge is 2.63. The van der Waals surface area contributed by atoms with Gasteiger partial charge in [-0.05, 0) is 33.3 Å². The number of hydrogen-bond donors (Lipinski definition) is 0. The average Bonchev–Trinajstić information content (AvgIpc) is 3.22. The predicted molar refractivity (Wildman–Crippen MR) is 112 cm³/mol. The molecule has 1 aromatic rings. The quantitative estimate of drug-likeness (QED) is 0.457. The van der Waals surface area contributed by atoms with Gasteiger partial charge in [-0.2, -0.15) is 0 Å². The van der Waals surface area contributed by atoms with E-state index in [0.29, 0.717) is 0 Å². The van der Waals surface area contributed by atoms with Crippen molar-refractivity contribution in [2.24, 2.45) is 0 Å². The normalized spacial score (nSPS) is 32.6. The van der Waals surface area contributed by atoms with Crippen LogP contribution in [-0.4, -0.2) is 72.4 Å². The van der Waals surface area contributed by atoms with Crippen molar-refractivity contribution in [2.75, 3.05) is 7.11 Å². The first-order valence-corrected chi connectivity index (χ1v) is 10.9. The number of hydrogen-bond acceptors (Lipinski definition) is 10. The van der Waals surface area contributed by atoms with Gasteiger partial charge in [0.25, 0.3) is 0 Å². The number of benzene rings is 1. The van der Waals surface area contributed by atoms with Crippen molar-refractivity contribution in [1.82, 2.24) is 5.06 Å². The van der Waals surface area contributed by atoms with Crippen molar-refractivity contribution in [3.05, 3.63) is 35.9 Å². The summed E-state index contributed by atoms with van der Waals surface area (Å²) < 4.78 is 35.6. The molecule has 0 amide bonds. The molecule has 0 aliphatic carbocycles. The number of carbonyl (C=O) groups is 2. The molecule has 3 aliphatic heterocycles. The first-order valence-electron chi connectivity index (χ1n) is 10.9. The molecule has 182 valence electrons. The Morgan fingerprint density at radius 1 is 0.970 bits per heavy atom. The van der Waals surface area contributed by atoms with Gasteiger partial charge in [-0.15, -0.1) is 5.06 Å². The summed E-state index contributed by atoms with van der Waals surface area (Å²) in [7, 11) is 1.27. The highest BCUT2D eigenvalue weighted by molar-refractivity contribution is 5.77. The number of rotatable bonds is 6. The molecule has 3 fully saturated rings. The average molecular weight is 465 g/mol. The van der Waals surface area contributed by atoms with Crippen molar-refractivity contribution >= 4 is 11.9 Å². The third kappa shape index (κ3) is 5.06. The summed E-state index contributed by atoms with van der Waals surface area (Å²) >= 11 is 0. The van der Waals surface area contributed by atoms with E-state index >= 15 is 0 Å². The third-order valence-corrected chi connectivity index (χ3v) is 5.68. The van der Waals surface area contributed by atoms with Gasteiger partial charge in [-0.3, -0.25) is 9.59 Å². The standard InChI is InChI=1S/C23H31NO9/c1-13(25)33-24(12-14-10-8-7-9-11-14)15(20(26)27-6)16-17-18(30-22(2,3)29-17)19-21(28-16)32-23(4,5)31-19/h7-11,15-19,21H,12H2,1-6H3/t15-,16+,17-,18-,19+,21+/m0/s1. The maximum atomic E-state index is 13.1. The van der Waals surface area contributed by atoms with Crippen molar-refractivity contribution in [1.29, 1.82) is 0 Å². The van der Waals surface area contributed by atoms with Gasteiger partial charge in [-0.1, -0.05) is 30.3 Å². The van der Waals surface area contributed by atoms with Gasteiger partial charge in [0.15, 0.2) is 23.9 Å². The lowest BCUT2D eigenvalue weighted by Gasteiger charge is -2.42. The molecule has 0 bridgehead atoms. The number of methoxy groups -OCH3 is 1. The van der Waals surface area contributed by atoms with E-state index in [4.69, 9.17) is 33.3 Å². The zero-order chi connectivity index (χ0) is 24.0. The van der Waals surface area contributed by atoms with Crippen LogP contribution in [0.15, 0.2) is 30.3 Å². The fraction of sp³-hybridized carbons (Fsp3) is 0.652. The molecule has 0 aromatic heterocycles. The topological polar surface area (TPSA) is 102 Å². The second kappa shape index (κ2) is 8.94. The van der Waals surface area contributed by atoms with Gasteiger partial charge in [-0.25, -0.2) is 0 Å². The fourth-order valence-corrected chi connectivity index (χ4v) is 4.55. The lowest BCUT2D eigenvalue weighted by atomic mass is 9.93.